The second-order valence-corrected chi connectivity index (χ2v) is 6.65. The lowest BCUT2D eigenvalue weighted by Gasteiger charge is -2.22. The Morgan fingerprint density at radius 2 is 2.15 bits per heavy atom. The number of hydrogen-bond acceptors (Lipinski definition) is 4. The van der Waals surface area contributed by atoms with Gasteiger partial charge >= 0.3 is 0 Å². The zero-order chi connectivity index (χ0) is 14.1. The summed E-state index contributed by atoms with van der Waals surface area (Å²) in [6.45, 7) is 7.02. The first-order valence-corrected chi connectivity index (χ1v) is 7.86. The number of ether oxygens (including phenoxy) is 1. The third-order valence-corrected chi connectivity index (χ3v) is 4.59. The van der Waals surface area contributed by atoms with Crippen molar-refractivity contribution in [1.82, 2.24) is 9.97 Å². The van der Waals surface area contributed by atoms with Crippen LogP contribution in [0.5, 0.6) is 5.88 Å². The fraction of sp³-hybridized carbons (Fsp3) is 0.750. The van der Waals surface area contributed by atoms with Gasteiger partial charge in [-0.05, 0) is 57.8 Å². The molecule has 0 aromatic carbocycles. The van der Waals surface area contributed by atoms with Gasteiger partial charge < -0.3 is 10.1 Å². The first-order valence-electron chi connectivity index (χ1n) is 7.86. The molecule has 2 fully saturated rings. The fourth-order valence-electron chi connectivity index (χ4n) is 3.77. The van der Waals surface area contributed by atoms with Gasteiger partial charge in [-0.2, -0.15) is 4.98 Å². The van der Waals surface area contributed by atoms with Crippen molar-refractivity contribution in [3.8, 4) is 5.88 Å². The number of nitrogens with zero attached hydrogens (tertiary/aromatic N) is 2. The molecular weight excluding hydrogens is 250 g/mol. The number of anilines is 1. The Bertz CT molecular complexity index is 475. The summed E-state index contributed by atoms with van der Waals surface area (Å²) in [6, 6.07) is 1.89. The smallest absolute Gasteiger partial charge is 0.226 e. The maximum absolute atomic E-state index is 5.67. The fourth-order valence-corrected chi connectivity index (χ4v) is 3.77. The summed E-state index contributed by atoms with van der Waals surface area (Å²) in [6.07, 6.45) is 5.85. The quantitative estimate of drug-likeness (QED) is 0.894. The number of hydrogen-bond donors (Lipinski definition) is 1. The molecule has 1 aromatic heterocycles. The van der Waals surface area contributed by atoms with Crippen LogP contribution in [0.2, 0.25) is 0 Å². The molecule has 3 atom stereocenters. The molecule has 3 rings (SSSR count). The average Bonchev–Trinajstić information content (AvgIpc) is 2.96. The van der Waals surface area contributed by atoms with Gasteiger partial charge in [-0.1, -0.05) is 6.42 Å². The van der Waals surface area contributed by atoms with Crippen molar-refractivity contribution in [1.29, 1.82) is 0 Å². The van der Waals surface area contributed by atoms with Crippen molar-refractivity contribution in [3.63, 3.8) is 0 Å². The summed E-state index contributed by atoms with van der Waals surface area (Å²) < 4.78 is 5.67. The minimum absolute atomic E-state index is 0.141. The maximum atomic E-state index is 5.67. The molecule has 2 aliphatic rings. The largest absolute Gasteiger partial charge is 0.475 e. The van der Waals surface area contributed by atoms with Gasteiger partial charge in [0.05, 0.1) is 6.10 Å². The second kappa shape index (κ2) is 5.58. The van der Waals surface area contributed by atoms with E-state index in [9.17, 15) is 0 Å². The van der Waals surface area contributed by atoms with E-state index in [1.807, 2.05) is 26.8 Å². The molecule has 2 bridgehead atoms. The van der Waals surface area contributed by atoms with Gasteiger partial charge in [-0.25, -0.2) is 4.98 Å². The van der Waals surface area contributed by atoms with E-state index >= 15 is 0 Å². The van der Waals surface area contributed by atoms with Crippen molar-refractivity contribution in [2.24, 2.45) is 17.8 Å². The lowest BCUT2D eigenvalue weighted by molar-refractivity contribution is 0.232. The van der Waals surface area contributed by atoms with Crippen LogP contribution in [0, 0.1) is 24.7 Å². The molecule has 0 amide bonds. The Kier molecular flexibility index (Phi) is 3.81. The molecule has 20 heavy (non-hydrogen) atoms. The lowest BCUT2D eigenvalue weighted by Crippen LogP contribution is -2.21. The van der Waals surface area contributed by atoms with Gasteiger partial charge in [0, 0.05) is 18.3 Å². The molecule has 2 saturated carbocycles. The van der Waals surface area contributed by atoms with E-state index in [0.717, 1.165) is 30.0 Å². The highest BCUT2D eigenvalue weighted by Crippen LogP contribution is 2.48. The summed E-state index contributed by atoms with van der Waals surface area (Å²) in [5, 5.41) is 3.42. The van der Waals surface area contributed by atoms with Crippen LogP contribution >= 0.6 is 0 Å². The molecule has 0 saturated heterocycles. The van der Waals surface area contributed by atoms with E-state index in [4.69, 9.17) is 4.74 Å². The molecular formula is C16H25N3O. The van der Waals surface area contributed by atoms with E-state index in [-0.39, 0.29) is 6.10 Å². The van der Waals surface area contributed by atoms with Crippen LogP contribution in [0.1, 0.15) is 45.2 Å². The summed E-state index contributed by atoms with van der Waals surface area (Å²) >= 11 is 0. The van der Waals surface area contributed by atoms with E-state index < -0.39 is 0 Å². The van der Waals surface area contributed by atoms with Crippen molar-refractivity contribution < 1.29 is 4.74 Å². The van der Waals surface area contributed by atoms with Gasteiger partial charge in [0.25, 0.3) is 0 Å². The number of fused-ring (bicyclic) bond motifs is 2. The number of rotatable bonds is 5. The minimum Gasteiger partial charge on any atom is -0.475 e. The third kappa shape index (κ3) is 3.05. The molecule has 4 nitrogen and oxygen atoms in total. The zero-order valence-corrected chi connectivity index (χ0v) is 12.7. The zero-order valence-electron chi connectivity index (χ0n) is 12.7. The number of nitrogens with one attached hydrogen (secondary N) is 1. The Balaban J connectivity index is 1.60. The molecule has 1 aromatic rings. The van der Waals surface area contributed by atoms with Crippen molar-refractivity contribution in [2.75, 3.05) is 11.9 Å². The SMILES string of the molecule is Cc1cc(OC(C)C)nc(NCC2CC3CCC2C3)n1. The van der Waals surface area contributed by atoms with Crippen LogP contribution in [0.4, 0.5) is 5.95 Å². The monoisotopic (exact) mass is 275 g/mol. The molecule has 4 heteroatoms. The van der Waals surface area contributed by atoms with Crippen molar-refractivity contribution >= 4 is 5.95 Å². The van der Waals surface area contributed by atoms with E-state index in [2.05, 4.69) is 15.3 Å². The Morgan fingerprint density at radius 1 is 1.30 bits per heavy atom. The van der Waals surface area contributed by atoms with Gasteiger partial charge in [0.2, 0.25) is 11.8 Å². The number of aromatic nitrogens is 2. The summed E-state index contributed by atoms with van der Waals surface area (Å²) in [5.41, 5.74) is 0.950. The van der Waals surface area contributed by atoms with E-state index in [1.165, 1.54) is 25.7 Å². The average molecular weight is 275 g/mol. The van der Waals surface area contributed by atoms with E-state index in [1.54, 1.807) is 0 Å². The minimum atomic E-state index is 0.141. The molecule has 2 aliphatic carbocycles. The van der Waals surface area contributed by atoms with Gasteiger partial charge in [-0.15, -0.1) is 0 Å². The van der Waals surface area contributed by atoms with Crippen LogP contribution in [0.3, 0.4) is 0 Å². The highest BCUT2D eigenvalue weighted by atomic mass is 16.5. The predicted octanol–water partition coefficient (Wildman–Crippen LogP) is 3.42. The van der Waals surface area contributed by atoms with Crippen molar-refractivity contribution in [3.05, 3.63) is 11.8 Å². The molecule has 1 N–H and O–H groups in total. The van der Waals surface area contributed by atoms with Gasteiger partial charge in [0.1, 0.15) is 0 Å². The summed E-state index contributed by atoms with van der Waals surface area (Å²) in [7, 11) is 0. The predicted molar refractivity (Wildman–Crippen MR) is 80.0 cm³/mol. The van der Waals surface area contributed by atoms with E-state index in [0.29, 0.717) is 11.8 Å². The first-order chi connectivity index (χ1) is 9.60. The number of aryl methyl sites for hydroxylation is 1. The van der Waals surface area contributed by atoms with Gasteiger partial charge in [0.15, 0.2) is 0 Å². The Labute approximate surface area is 121 Å². The standard InChI is InChI=1S/C16H25N3O/c1-10(2)20-15-6-11(3)18-16(19-15)17-9-14-8-12-4-5-13(14)7-12/h6,10,12-14H,4-5,7-9H2,1-3H3,(H,17,18,19). The molecule has 3 unspecified atom stereocenters. The molecule has 1 heterocycles. The highest BCUT2D eigenvalue weighted by Gasteiger charge is 2.39. The van der Waals surface area contributed by atoms with Crippen LogP contribution in [-0.2, 0) is 0 Å². The summed E-state index contributed by atoms with van der Waals surface area (Å²) in [4.78, 5) is 8.91. The van der Waals surface area contributed by atoms with Crippen molar-refractivity contribution in [2.45, 2.75) is 52.6 Å². The Morgan fingerprint density at radius 3 is 2.80 bits per heavy atom. The normalized spacial score (nSPS) is 28.1. The van der Waals surface area contributed by atoms with Crippen LogP contribution < -0.4 is 10.1 Å². The Hall–Kier alpha value is -1.32. The highest BCUT2D eigenvalue weighted by molar-refractivity contribution is 5.30. The molecule has 110 valence electrons. The first kappa shape index (κ1) is 13.7. The van der Waals surface area contributed by atoms with Crippen LogP contribution in [-0.4, -0.2) is 22.6 Å². The summed E-state index contributed by atoms with van der Waals surface area (Å²) in [5.74, 6) is 4.12. The molecule has 0 aliphatic heterocycles. The maximum Gasteiger partial charge on any atom is 0.226 e. The topological polar surface area (TPSA) is 47.0 Å². The third-order valence-electron chi connectivity index (χ3n) is 4.59. The molecule has 0 spiro atoms. The lowest BCUT2D eigenvalue weighted by atomic mass is 9.89. The second-order valence-electron chi connectivity index (χ2n) is 6.65. The molecule has 0 radical (unpaired) electrons. The van der Waals surface area contributed by atoms with Crippen LogP contribution in [0.15, 0.2) is 6.07 Å². The van der Waals surface area contributed by atoms with Crippen LogP contribution in [0.25, 0.3) is 0 Å². The van der Waals surface area contributed by atoms with Gasteiger partial charge in [-0.3, -0.25) is 0 Å².